The number of carbonyl (C=O) groups excluding carboxylic acids is 2. The van der Waals surface area contributed by atoms with Crippen LogP contribution in [-0.4, -0.2) is 36.4 Å². The summed E-state index contributed by atoms with van der Waals surface area (Å²) in [6.45, 7) is 4.97. The maximum atomic E-state index is 13.3. The number of benzene rings is 2. The Morgan fingerprint density at radius 3 is 2.43 bits per heavy atom. The Hall–Kier alpha value is -2.53. The van der Waals surface area contributed by atoms with Crippen molar-refractivity contribution in [1.82, 2.24) is 10.2 Å². The zero-order valence-electron chi connectivity index (χ0n) is 18.0. The molecule has 0 fully saturated rings. The van der Waals surface area contributed by atoms with E-state index in [4.69, 9.17) is 16.3 Å². The van der Waals surface area contributed by atoms with Crippen molar-refractivity contribution in [3.05, 3.63) is 64.7 Å². The second kappa shape index (κ2) is 12.2. The van der Waals surface area contributed by atoms with Gasteiger partial charge < -0.3 is 15.0 Å². The molecule has 162 valence electrons. The summed E-state index contributed by atoms with van der Waals surface area (Å²) >= 11 is 6.08. The number of carbonyl (C=O) groups is 2. The summed E-state index contributed by atoms with van der Waals surface area (Å²) in [6, 6.07) is 14.3. The van der Waals surface area contributed by atoms with Crippen molar-refractivity contribution in [2.24, 2.45) is 0 Å². The number of hydrogen-bond donors (Lipinski definition) is 1. The minimum Gasteiger partial charge on any atom is -0.497 e. The molecular weight excluding hydrogens is 400 g/mol. The van der Waals surface area contributed by atoms with E-state index in [2.05, 4.69) is 12.2 Å². The van der Waals surface area contributed by atoms with Gasteiger partial charge in [-0.25, -0.2) is 0 Å². The van der Waals surface area contributed by atoms with Crippen LogP contribution in [0.4, 0.5) is 0 Å². The summed E-state index contributed by atoms with van der Waals surface area (Å²) < 4.78 is 5.22. The van der Waals surface area contributed by atoms with Crippen molar-refractivity contribution in [3.63, 3.8) is 0 Å². The zero-order valence-corrected chi connectivity index (χ0v) is 18.7. The molecule has 6 heteroatoms. The van der Waals surface area contributed by atoms with E-state index in [1.165, 1.54) is 0 Å². The fourth-order valence-electron chi connectivity index (χ4n) is 3.28. The Kier molecular flexibility index (Phi) is 9.68. The standard InChI is InChI=1S/C24H31ClN2O3/c1-4-6-14-26-24(29)22(5-2)27(17-18-10-12-21(30-3)13-11-18)23(28)16-19-8-7-9-20(25)15-19/h7-13,15,22H,4-6,14,16-17H2,1-3H3,(H,26,29)/t22-/m0/s1. The van der Waals surface area contributed by atoms with Gasteiger partial charge in [-0.05, 0) is 48.2 Å². The second-order valence-corrected chi connectivity index (χ2v) is 7.68. The molecular formula is C24H31ClN2O3. The summed E-state index contributed by atoms with van der Waals surface area (Å²) in [5.41, 5.74) is 1.77. The molecule has 1 atom stereocenters. The van der Waals surface area contributed by atoms with Crippen LogP contribution in [-0.2, 0) is 22.6 Å². The van der Waals surface area contributed by atoms with Crippen LogP contribution in [0.2, 0.25) is 5.02 Å². The minimum atomic E-state index is -0.532. The number of nitrogens with zero attached hydrogens (tertiary/aromatic N) is 1. The summed E-state index contributed by atoms with van der Waals surface area (Å²) in [5, 5.41) is 3.56. The van der Waals surface area contributed by atoms with Crippen molar-refractivity contribution in [2.45, 2.75) is 52.1 Å². The lowest BCUT2D eigenvalue weighted by atomic mass is 10.1. The van der Waals surface area contributed by atoms with Gasteiger partial charge in [0.05, 0.1) is 13.5 Å². The summed E-state index contributed by atoms with van der Waals surface area (Å²) in [6.07, 6.45) is 2.64. The maximum absolute atomic E-state index is 13.3. The molecule has 2 rings (SSSR count). The number of hydrogen-bond acceptors (Lipinski definition) is 3. The highest BCUT2D eigenvalue weighted by atomic mass is 35.5. The Morgan fingerprint density at radius 2 is 1.83 bits per heavy atom. The number of rotatable bonds is 11. The van der Waals surface area contributed by atoms with Crippen LogP contribution in [0.1, 0.15) is 44.2 Å². The van der Waals surface area contributed by atoms with Crippen LogP contribution in [0.15, 0.2) is 48.5 Å². The summed E-state index contributed by atoms with van der Waals surface area (Å²) in [5.74, 6) is 0.532. The van der Waals surface area contributed by atoms with Crippen LogP contribution < -0.4 is 10.1 Å². The predicted molar refractivity (Wildman–Crippen MR) is 121 cm³/mol. The van der Waals surface area contributed by atoms with Gasteiger partial charge in [0.15, 0.2) is 0 Å². The van der Waals surface area contributed by atoms with Crippen LogP contribution >= 0.6 is 11.6 Å². The lowest BCUT2D eigenvalue weighted by molar-refractivity contribution is -0.140. The van der Waals surface area contributed by atoms with Crippen LogP contribution in [0.3, 0.4) is 0 Å². The quantitative estimate of drug-likeness (QED) is 0.529. The molecule has 2 aromatic rings. The molecule has 2 amide bonds. The van der Waals surface area contributed by atoms with Gasteiger partial charge in [-0.2, -0.15) is 0 Å². The first-order valence-corrected chi connectivity index (χ1v) is 10.8. The molecule has 0 radical (unpaired) electrons. The average molecular weight is 431 g/mol. The number of halogens is 1. The van der Waals surface area contributed by atoms with E-state index in [0.29, 0.717) is 24.5 Å². The minimum absolute atomic E-state index is 0.106. The lowest BCUT2D eigenvalue weighted by Gasteiger charge is -2.31. The van der Waals surface area contributed by atoms with Gasteiger partial charge in [-0.1, -0.05) is 56.1 Å². The molecule has 2 aromatic carbocycles. The molecule has 0 aliphatic heterocycles. The Bertz CT molecular complexity index is 823. The van der Waals surface area contributed by atoms with Gasteiger partial charge in [0.1, 0.15) is 11.8 Å². The van der Waals surface area contributed by atoms with E-state index >= 15 is 0 Å². The molecule has 0 aromatic heterocycles. The molecule has 0 saturated carbocycles. The summed E-state index contributed by atoms with van der Waals surface area (Å²) in [4.78, 5) is 27.8. The normalized spacial score (nSPS) is 11.6. The van der Waals surface area contributed by atoms with E-state index < -0.39 is 6.04 Å². The van der Waals surface area contributed by atoms with Gasteiger partial charge in [0.25, 0.3) is 0 Å². The van der Waals surface area contributed by atoms with Crippen LogP contribution in [0.25, 0.3) is 0 Å². The topological polar surface area (TPSA) is 58.6 Å². The third-order valence-corrected chi connectivity index (χ3v) is 5.21. The number of ether oxygens (including phenoxy) is 1. The van der Waals surface area contributed by atoms with E-state index in [-0.39, 0.29) is 18.2 Å². The fourth-order valence-corrected chi connectivity index (χ4v) is 3.49. The molecule has 0 aliphatic carbocycles. The molecule has 0 bridgehead atoms. The van der Waals surface area contributed by atoms with Gasteiger partial charge >= 0.3 is 0 Å². The van der Waals surface area contributed by atoms with Gasteiger partial charge in [0.2, 0.25) is 11.8 Å². The molecule has 5 nitrogen and oxygen atoms in total. The first kappa shape index (κ1) is 23.7. The molecule has 30 heavy (non-hydrogen) atoms. The van der Waals surface area contributed by atoms with E-state index in [9.17, 15) is 9.59 Å². The first-order chi connectivity index (χ1) is 14.5. The van der Waals surface area contributed by atoms with Crippen molar-refractivity contribution in [2.75, 3.05) is 13.7 Å². The molecule has 1 N–H and O–H groups in total. The van der Waals surface area contributed by atoms with E-state index in [1.54, 1.807) is 24.1 Å². The molecule has 0 spiro atoms. The van der Waals surface area contributed by atoms with Gasteiger partial charge in [0, 0.05) is 18.1 Å². The highest BCUT2D eigenvalue weighted by Crippen LogP contribution is 2.18. The molecule has 0 saturated heterocycles. The van der Waals surface area contributed by atoms with Crippen LogP contribution in [0, 0.1) is 0 Å². The Labute approximate surface area is 184 Å². The fraction of sp³-hybridized carbons (Fsp3) is 0.417. The number of unbranched alkanes of at least 4 members (excludes halogenated alkanes) is 1. The largest absolute Gasteiger partial charge is 0.497 e. The summed E-state index contributed by atoms with van der Waals surface area (Å²) in [7, 11) is 1.61. The SMILES string of the molecule is CCCCNC(=O)[C@H](CC)N(Cc1ccc(OC)cc1)C(=O)Cc1cccc(Cl)c1. The van der Waals surface area contributed by atoms with Crippen molar-refractivity contribution in [1.29, 1.82) is 0 Å². The lowest BCUT2D eigenvalue weighted by Crippen LogP contribution is -2.49. The van der Waals surface area contributed by atoms with Crippen molar-refractivity contribution in [3.8, 4) is 5.75 Å². The zero-order chi connectivity index (χ0) is 21.9. The smallest absolute Gasteiger partial charge is 0.242 e. The number of amides is 2. The average Bonchev–Trinajstić information content (AvgIpc) is 2.74. The van der Waals surface area contributed by atoms with E-state index in [1.807, 2.05) is 43.3 Å². The third-order valence-electron chi connectivity index (χ3n) is 4.97. The van der Waals surface area contributed by atoms with E-state index in [0.717, 1.165) is 29.7 Å². The molecule has 0 heterocycles. The van der Waals surface area contributed by atoms with Crippen LogP contribution in [0.5, 0.6) is 5.75 Å². The predicted octanol–water partition coefficient (Wildman–Crippen LogP) is 4.61. The Balaban J connectivity index is 2.24. The molecule has 0 unspecified atom stereocenters. The maximum Gasteiger partial charge on any atom is 0.242 e. The number of nitrogens with one attached hydrogen (secondary N) is 1. The van der Waals surface area contributed by atoms with Crippen molar-refractivity contribution < 1.29 is 14.3 Å². The third kappa shape index (κ3) is 7.06. The van der Waals surface area contributed by atoms with Gasteiger partial charge in [-0.3, -0.25) is 9.59 Å². The monoisotopic (exact) mass is 430 g/mol. The molecule has 0 aliphatic rings. The van der Waals surface area contributed by atoms with Gasteiger partial charge in [-0.15, -0.1) is 0 Å². The number of methoxy groups -OCH3 is 1. The highest BCUT2D eigenvalue weighted by Gasteiger charge is 2.28. The highest BCUT2D eigenvalue weighted by molar-refractivity contribution is 6.30. The Morgan fingerprint density at radius 1 is 1.10 bits per heavy atom. The first-order valence-electron chi connectivity index (χ1n) is 10.4. The second-order valence-electron chi connectivity index (χ2n) is 7.25. The van der Waals surface area contributed by atoms with Crippen molar-refractivity contribution >= 4 is 23.4 Å².